The van der Waals surface area contributed by atoms with Gasteiger partial charge < -0.3 is 10.6 Å². The van der Waals surface area contributed by atoms with Crippen molar-refractivity contribution in [1.82, 2.24) is 5.32 Å². The van der Waals surface area contributed by atoms with Crippen LogP contribution < -0.4 is 10.6 Å². The molecule has 0 saturated heterocycles. The summed E-state index contributed by atoms with van der Waals surface area (Å²) >= 11 is 0. The fourth-order valence-corrected chi connectivity index (χ4v) is 2.38. The van der Waals surface area contributed by atoms with Crippen LogP contribution in [0.25, 0.3) is 0 Å². The standard InChI is InChI=1S/C16H23FN2O/c1-4-8-18-14-12(6-5-7-13(14)17)15(20)19-10-11-9-16(11,2)3/h5-7,11,18H,4,8-10H2,1-3H3,(H,19,20). The first-order chi connectivity index (χ1) is 9.45. The Morgan fingerprint density at radius 2 is 2.15 bits per heavy atom. The Balaban J connectivity index is 2.03. The number of carbonyl (C=O) groups excluding carboxylic acids is 1. The summed E-state index contributed by atoms with van der Waals surface area (Å²) in [6, 6.07) is 4.61. The van der Waals surface area contributed by atoms with Crippen molar-refractivity contribution < 1.29 is 9.18 Å². The van der Waals surface area contributed by atoms with Crippen molar-refractivity contribution in [2.45, 2.75) is 33.6 Å². The second-order valence-corrected chi connectivity index (χ2v) is 6.19. The number of hydrogen-bond acceptors (Lipinski definition) is 2. The zero-order valence-corrected chi connectivity index (χ0v) is 12.4. The summed E-state index contributed by atoms with van der Waals surface area (Å²) in [5.74, 6) is -0.0456. The van der Waals surface area contributed by atoms with E-state index in [1.807, 2.05) is 6.92 Å². The van der Waals surface area contributed by atoms with Gasteiger partial charge in [0.2, 0.25) is 0 Å². The minimum absolute atomic E-state index is 0.203. The Labute approximate surface area is 120 Å². The largest absolute Gasteiger partial charge is 0.382 e. The first kappa shape index (κ1) is 14.8. The molecule has 2 N–H and O–H groups in total. The third-order valence-electron chi connectivity index (χ3n) is 4.04. The van der Waals surface area contributed by atoms with Gasteiger partial charge in [0.05, 0.1) is 11.3 Å². The Kier molecular flexibility index (Phi) is 4.31. The lowest BCUT2D eigenvalue weighted by Crippen LogP contribution is -2.27. The van der Waals surface area contributed by atoms with Crippen LogP contribution in [-0.2, 0) is 0 Å². The number of rotatable bonds is 6. The van der Waals surface area contributed by atoms with E-state index >= 15 is 0 Å². The maximum Gasteiger partial charge on any atom is 0.253 e. The molecular formula is C16H23FN2O. The molecule has 1 fully saturated rings. The summed E-state index contributed by atoms with van der Waals surface area (Å²) < 4.78 is 13.8. The number of benzene rings is 1. The van der Waals surface area contributed by atoms with Gasteiger partial charge in [0.1, 0.15) is 5.82 Å². The zero-order valence-electron chi connectivity index (χ0n) is 12.4. The molecule has 2 rings (SSSR count). The van der Waals surface area contributed by atoms with Crippen molar-refractivity contribution in [3.8, 4) is 0 Å². The molecule has 0 aliphatic heterocycles. The molecule has 4 heteroatoms. The van der Waals surface area contributed by atoms with Crippen molar-refractivity contribution in [1.29, 1.82) is 0 Å². The predicted molar refractivity (Wildman–Crippen MR) is 79.4 cm³/mol. The zero-order chi connectivity index (χ0) is 14.8. The minimum atomic E-state index is -0.377. The quantitative estimate of drug-likeness (QED) is 0.837. The molecule has 1 unspecified atom stereocenters. The van der Waals surface area contributed by atoms with Gasteiger partial charge in [0, 0.05) is 13.1 Å². The summed E-state index contributed by atoms with van der Waals surface area (Å²) in [7, 11) is 0. The van der Waals surface area contributed by atoms with Gasteiger partial charge in [-0.25, -0.2) is 4.39 Å². The molecule has 1 aromatic rings. The topological polar surface area (TPSA) is 41.1 Å². The highest BCUT2D eigenvalue weighted by Gasteiger charge is 2.45. The number of nitrogens with one attached hydrogen (secondary N) is 2. The van der Waals surface area contributed by atoms with E-state index in [4.69, 9.17) is 0 Å². The Morgan fingerprint density at radius 3 is 2.75 bits per heavy atom. The number of halogens is 1. The molecule has 0 radical (unpaired) electrons. The van der Waals surface area contributed by atoms with Gasteiger partial charge in [0.15, 0.2) is 0 Å². The molecule has 0 heterocycles. The van der Waals surface area contributed by atoms with Crippen LogP contribution in [0.15, 0.2) is 18.2 Å². The van der Waals surface area contributed by atoms with Gasteiger partial charge in [-0.05, 0) is 36.3 Å². The Hall–Kier alpha value is -1.58. The molecule has 1 aliphatic rings. The Bertz CT molecular complexity index is 499. The highest BCUT2D eigenvalue weighted by Crippen LogP contribution is 2.51. The second-order valence-electron chi connectivity index (χ2n) is 6.19. The van der Waals surface area contributed by atoms with E-state index < -0.39 is 0 Å². The summed E-state index contributed by atoms with van der Waals surface area (Å²) in [6.07, 6.45) is 2.02. The van der Waals surface area contributed by atoms with Gasteiger partial charge in [-0.3, -0.25) is 4.79 Å². The van der Waals surface area contributed by atoms with Crippen LogP contribution in [0.1, 0.15) is 44.0 Å². The first-order valence-electron chi connectivity index (χ1n) is 7.26. The van der Waals surface area contributed by atoms with E-state index in [1.54, 1.807) is 12.1 Å². The smallest absolute Gasteiger partial charge is 0.253 e. The van der Waals surface area contributed by atoms with Crippen LogP contribution in [0.5, 0.6) is 0 Å². The van der Waals surface area contributed by atoms with Crippen molar-refractivity contribution in [3.05, 3.63) is 29.6 Å². The molecule has 1 amide bonds. The van der Waals surface area contributed by atoms with Gasteiger partial charge in [-0.2, -0.15) is 0 Å². The van der Waals surface area contributed by atoms with Crippen molar-refractivity contribution >= 4 is 11.6 Å². The van der Waals surface area contributed by atoms with Crippen LogP contribution in [0.4, 0.5) is 10.1 Å². The Morgan fingerprint density at radius 1 is 1.45 bits per heavy atom. The maximum atomic E-state index is 13.8. The summed E-state index contributed by atoms with van der Waals surface area (Å²) in [5, 5.41) is 5.91. The van der Waals surface area contributed by atoms with Crippen LogP contribution >= 0.6 is 0 Å². The minimum Gasteiger partial charge on any atom is -0.382 e. The first-order valence-corrected chi connectivity index (χ1v) is 7.26. The number of anilines is 1. The van der Waals surface area contributed by atoms with Crippen molar-refractivity contribution in [3.63, 3.8) is 0 Å². The van der Waals surface area contributed by atoms with Gasteiger partial charge >= 0.3 is 0 Å². The van der Waals surface area contributed by atoms with E-state index in [9.17, 15) is 9.18 Å². The van der Waals surface area contributed by atoms with Gasteiger partial charge in [-0.1, -0.05) is 26.8 Å². The predicted octanol–water partition coefficient (Wildman–Crippen LogP) is 3.42. The number of carbonyl (C=O) groups is 1. The molecule has 110 valence electrons. The lowest BCUT2D eigenvalue weighted by Gasteiger charge is -2.13. The van der Waals surface area contributed by atoms with Crippen molar-refractivity contribution in [2.24, 2.45) is 11.3 Å². The van der Waals surface area contributed by atoms with E-state index in [0.29, 0.717) is 35.7 Å². The summed E-state index contributed by atoms with van der Waals surface area (Å²) in [6.45, 7) is 7.70. The molecule has 0 bridgehead atoms. The SMILES string of the molecule is CCCNc1c(F)cccc1C(=O)NCC1CC1(C)C. The lowest BCUT2D eigenvalue weighted by atomic mass is 10.1. The lowest BCUT2D eigenvalue weighted by molar-refractivity contribution is 0.0951. The van der Waals surface area contributed by atoms with E-state index in [-0.39, 0.29) is 11.7 Å². The van der Waals surface area contributed by atoms with E-state index in [2.05, 4.69) is 24.5 Å². The number of amides is 1. The molecule has 20 heavy (non-hydrogen) atoms. The normalized spacial score (nSPS) is 19.5. The number of para-hydroxylation sites is 1. The van der Waals surface area contributed by atoms with Gasteiger partial charge in [0.25, 0.3) is 5.91 Å². The highest BCUT2D eigenvalue weighted by atomic mass is 19.1. The summed E-state index contributed by atoms with van der Waals surface area (Å²) in [5.41, 5.74) is 1.03. The third kappa shape index (κ3) is 3.30. The van der Waals surface area contributed by atoms with E-state index in [0.717, 1.165) is 12.8 Å². The fourth-order valence-electron chi connectivity index (χ4n) is 2.38. The highest BCUT2D eigenvalue weighted by molar-refractivity contribution is 5.99. The van der Waals surface area contributed by atoms with Gasteiger partial charge in [-0.15, -0.1) is 0 Å². The molecule has 0 aromatic heterocycles. The van der Waals surface area contributed by atoms with Crippen LogP contribution in [0, 0.1) is 17.2 Å². The van der Waals surface area contributed by atoms with Crippen LogP contribution in [-0.4, -0.2) is 19.0 Å². The summed E-state index contributed by atoms with van der Waals surface area (Å²) in [4.78, 5) is 12.2. The maximum absolute atomic E-state index is 13.8. The average Bonchev–Trinajstić information content (AvgIpc) is 3.02. The van der Waals surface area contributed by atoms with Crippen LogP contribution in [0.2, 0.25) is 0 Å². The van der Waals surface area contributed by atoms with Crippen LogP contribution in [0.3, 0.4) is 0 Å². The fraction of sp³-hybridized carbons (Fsp3) is 0.562. The molecule has 3 nitrogen and oxygen atoms in total. The molecular weight excluding hydrogens is 255 g/mol. The average molecular weight is 278 g/mol. The molecule has 1 saturated carbocycles. The third-order valence-corrected chi connectivity index (χ3v) is 4.04. The molecule has 1 atom stereocenters. The molecule has 1 aliphatic carbocycles. The molecule has 0 spiro atoms. The number of hydrogen-bond donors (Lipinski definition) is 2. The van der Waals surface area contributed by atoms with E-state index in [1.165, 1.54) is 6.07 Å². The second kappa shape index (κ2) is 5.81. The van der Waals surface area contributed by atoms with Crippen molar-refractivity contribution in [2.75, 3.05) is 18.4 Å². The molecule has 1 aromatic carbocycles. The monoisotopic (exact) mass is 278 g/mol.